The highest BCUT2D eigenvalue weighted by Gasteiger charge is 2.93. The summed E-state index contributed by atoms with van der Waals surface area (Å²) in [5, 5.41) is -7.88. The summed E-state index contributed by atoms with van der Waals surface area (Å²) in [6, 6.07) is 5.86. The molecule has 1 aromatic heterocycles. The summed E-state index contributed by atoms with van der Waals surface area (Å²) in [5.74, 6) is -49.3. The van der Waals surface area contributed by atoms with Gasteiger partial charge in [0.1, 0.15) is 0 Å². The molecule has 37 heavy (non-hydrogen) atoms. The summed E-state index contributed by atoms with van der Waals surface area (Å²) in [7, 11) is -8.09. The van der Waals surface area contributed by atoms with Crippen LogP contribution in [0.15, 0.2) is 30.6 Å². The second kappa shape index (κ2) is 10.2. The minimum atomic E-state index is -8.69. The molecule has 1 N–H and O–H groups in total. The average molecular weight is 607 g/mol. The van der Waals surface area contributed by atoms with Gasteiger partial charge in [-0.3, -0.25) is 0 Å². The van der Waals surface area contributed by atoms with Crippen LogP contribution in [0.1, 0.15) is 12.8 Å². The van der Waals surface area contributed by atoms with E-state index in [2.05, 4.69) is 4.98 Å². The lowest BCUT2D eigenvalue weighted by Crippen LogP contribution is -2.73. The summed E-state index contributed by atoms with van der Waals surface area (Å²) in [4.78, 5) is 2.89. The predicted octanol–water partition coefficient (Wildman–Crippen LogP) is 5.78. The van der Waals surface area contributed by atoms with Gasteiger partial charge in [0.05, 0.1) is 0 Å². The zero-order valence-electron chi connectivity index (χ0n) is 16.9. The second-order valence-corrected chi connectivity index (χ2v) is 8.16. The smallest absolute Gasteiger partial charge is 0.402 e. The molecule has 0 aliphatic carbocycles. The molecule has 1 rings (SSSR count). The Hall–Kier alpha value is -2.13. The van der Waals surface area contributed by atoms with E-state index in [4.69, 9.17) is 0 Å². The number of nitrogens with one attached hydrogen (secondary N) is 1. The van der Waals surface area contributed by atoms with Crippen molar-refractivity contribution in [1.29, 1.82) is 0 Å². The van der Waals surface area contributed by atoms with Crippen molar-refractivity contribution in [2.45, 2.75) is 59.8 Å². The van der Waals surface area contributed by atoms with Gasteiger partial charge in [-0.1, -0.05) is 6.07 Å². The Morgan fingerprint density at radius 3 is 1.16 bits per heavy atom. The van der Waals surface area contributed by atoms with Crippen LogP contribution in [0.2, 0.25) is 0 Å². The van der Waals surface area contributed by atoms with Crippen molar-refractivity contribution >= 4 is 10.1 Å². The lowest BCUT2D eigenvalue weighted by atomic mass is 9.90. The summed E-state index contributed by atoms with van der Waals surface area (Å²) in [6.45, 7) is 0. The van der Waals surface area contributed by atoms with Crippen molar-refractivity contribution in [2.75, 3.05) is 0 Å². The van der Waals surface area contributed by atoms with E-state index < -0.39 is 69.9 Å². The van der Waals surface area contributed by atoms with Gasteiger partial charge in [0, 0.05) is 25.0 Å². The summed E-state index contributed by atoms with van der Waals surface area (Å²) >= 11 is 0. The molecule has 0 bridgehead atoms. The van der Waals surface area contributed by atoms with Crippen LogP contribution in [-0.4, -0.2) is 59.9 Å². The van der Waals surface area contributed by atoms with Crippen LogP contribution in [0, 0.1) is 0 Å². The monoisotopic (exact) mass is 607 g/mol. The number of alkyl halides is 17. The maximum Gasteiger partial charge on any atom is 0.402 e. The fourth-order valence-electron chi connectivity index (χ4n) is 1.96. The standard InChI is InChI=1S/C10H5F17O3S.C5H5N/c11-3(12,1-2-4(13,14)15)5(16,17)6(18,19)7(20,21)8(22,23)9(24,25)10(26,27)31(28,29)30;1-2-4-6-5-3-1/h1-2H2,(H,28,29,30);1-5H. The van der Waals surface area contributed by atoms with Crippen molar-refractivity contribution < 1.29 is 92.6 Å². The fourth-order valence-corrected chi connectivity index (χ4v) is 2.40. The Morgan fingerprint density at radius 1 is 0.541 bits per heavy atom. The molecule has 1 aromatic rings. The highest BCUT2D eigenvalue weighted by atomic mass is 32.2. The average Bonchev–Trinajstić information content (AvgIpc) is 2.72. The molecule has 0 radical (unpaired) electrons. The van der Waals surface area contributed by atoms with Gasteiger partial charge in [-0.15, -0.1) is 0 Å². The van der Waals surface area contributed by atoms with Crippen LogP contribution < -0.4 is 4.98 Å². The second-order valence-electron chi connectivity index (χ2n) is 6.74. The molecule has 22 heteroatoms. The van der Waals surface area contributed by atoms with E-state index in [0.29, 0.717) is 0 Å². The molecule has 4 nitrogen and oxygen atoms in total. The van der Waals surface area contributed by atoms with E-state index >= 15 is 0 Å². The minimum absolute atomic E-state index is 1.88. The van der Waals surface area contributed by atoms with E-state index in [9.17, 15) is 87.6 Å². The molecule has 0 atom stereocenters. The van der Waals surface area contributed by atoms with E-state index in [1.165, 1.54) is 0 Å². The lowest BCUT2D eigenvalue weighted by Gasteiger charge is -2.42. The molecule has 0 aliphatic heterocycles. The molecule has 0 aromatic carbocycles. The van der Waals surface area contributed by atoms with Crippen LogP contribution >= 0.6 is 0 Å². The Kier molecular flexibility index (Phi) is 9.62. The van der Waals surface area contributed by atoms with E-state index in [0.717, 1.165) is 0 Å². The highest BCUT2D eigenvalue weighted by molar-refractivity contribution is 7.86. The molecule has 0 saturated carbocycles. The molecule has 1 heterocycles. The molecular formula is C15H10F17NO3S. The molecule has 0 amide bonds. The minimum Gasteiger partial charge on any atom is -0.743 e. The zero-order chi connectivity index (χ0) is 30.2. The number of hydrogen-bond acceptors (Lipinski definition) is 3. The van der Waals surface area contributed by atoms with Crippen molar-refractivity contribution in [2.24, 2.45) is 0 Å². The summed E-state index contributed by atoms with van der Waals surface area (Å²) in [6.07, 6.45) is -8.68. The summed E-state index contributed by atoms with van der Waals surface area (Å²) < 4.78 is 249. The summed E-state index contributed by atoms with van der Waals surface area (Å²) in [5.41, 5.74) is 0. The third-order valence-corrected chi connectivity index (χ3v) is 4.93. The maximum atomic E-state index is 13.3. The van der Waals surface area contributed by atoms with Gasteiger partial charge in [0.2, 0.25) is 0 Å². The van der Waals surface area contributed by atoms with Crippen LogP contribution in [0.25, 0.3) is 0 Å². The first kappa shape index (κ1) is 34.9. The lowest BCUT2D eigenvalue weighted by molar-refractivity contribution is -0.436. The predicted molar refractivity (Wildman–Crippen MR) is 82.6 cm³/mol. The molecule has 0 unspecified atom stereocenters. The quantitative estimate of drug-likeness (QED) is 0.264. The first-order valence-corrected chi connectivity index (χ1v) is 9.94. The van der Waals surface area contributed by atoms with Crippen LogP contribution in [0.4, 0.5) is 74.6 Å². The van der Waals surface area contributed by atoms with Crippen LogP contribution in [0.3, 0.4) is 0 Å². The molecular weight excluding hydrogens is 597 g/mol. The molecule has 0 spiro atoms. The largest absolute Gasteiger partial charge is 0.743 e. The van der Waals surface area contributed by atoms with Crippen LogP contribution in [0.5, 0.6) is 0 Å². The number of rotatable bonds is 9. The van der Waals surface area contributed by atoms with Crippen molar-refractivity contribution in [3.63, 3.8) is 0 Å². The topological polar surface area (TPSA) is 71.3 Å². The van der Waals surface area contributed by atoms with Crippen molar-refractivity contribution in [3.8, 4) is 0 Å². The third kappa shape index (κ3) is 6.30. The van der Waals surface area contributed by atoms with Gasteiger partial charge in [-0.2, -0.15) is 74.6 Å². The highest BCUT2D eigenvalue weighted by Crippen LogP contribution is 2.63. The van der Waals surface area contributed by atoms with Gasteiger partial charge in [-0.25, -0.2) is 13.4 Å². The Bertz CT molecular complexity index is 966. The van der Waals surface area contributed by atoms with Crippen LogP contribution in [-0.2, 0) is 10.1 Å². The number of aromatic nitrogens is 1. The number of halogens is 17. The third-order valence-electron chi connectivity index (χ3n) is 4.05. The maximum absolute atomic E-state index is 13.3. The van der Waals surface area contributed by atoms with Gasteiger partial charge in [0.15, 0.2) is 22.5 Å². The SMILES string of the molecule is O=S(=O)([O-])C(F)(F)C(F)(F)C(F)(F)C(F)(F)C(F)(F)C(F)(F)C(F)(F)CCC(F)(F)F.c1cc[nH+]cc1. The van der Waals surface area contributed by atoms with Gasteiger partial charge < -0.3 is 4.55 Å². The van der Waals surface area contributed by atoms with Gasteiger partial charge in [-0.05, 0) is 0 Å². The number of aromatic amines is 1. The Labute approximate surface area is 194 Å². The van der Waals surface area contributed by atoms with Gasteiger partial charge >= 0.3 is 47.0 Å². The fraction of sp³-hybridized carbons (Fsp3) is 0.667. The molecule has 218 valence electrons. The van der Waals surface area contributed by atoms with Crippen molar-refractivity contribution in [3.05, 3.63) is 30.6 Å². The number of H-pyrrole nitrogens is 1. The van der Waals surface area contributed by atoms with E-state index in [1.807, 2.05) is 30.6 Å². The first-order valence-electron chi connectivity index (χ1n) is 8.53. The zero-order valence-corrected chi connectivity index (χ0v) is 17.7. The Balaban J connectivity index is 0.00000187. The molecule has 0 fully saturated rings. The number of pyridine rings is 1. The normalized spacial score (nSPS) is 15.2. The molecule has 0 aliphatic rings. The molecule has 0 saturated heterocycles. The van der Waals surface area contributed by atoms with E-state index in [-0.39, 0.29) is 0 Å². The van der Waals surface area contributed by atoms with E-state index in [1.54, 1.807) is 0 Å². The first-order chi connectivity index (χ1) is 16.0. The number of hydrogen-bond donors (Lipinski definition) is 0. The van der Waals surface area contributed by atoms with Gasteiger partial charge in [0.25, 0.3) is 0 Å². The van der Waals surface area contributed by atoms with Crippen molar-refractivity contribution in [1.82, 2.24) is 0 Å². The Morgan fingerprint density at radius 2 is 0.892 bits per heavy atom.